The van der Waals surface area contributed by atoms with E-state index in [0.29, 0.717) is 23.4 Å². The number of nitrogens with one attached hydrogen (secondary N) is 2. The maximum atomic E-state index is 12.9. The van der Waals surface area contributed by atoms with Crippen LogP contribution in [-0.2, 0) is 19.5 Å². The predicted molar refractivity (Wildman–Crippen MR) is 142 cm³/mol. The Morgan fingerprint density at radius 3 is 2.51 bits per heavy atom. The van der Waals surface area contributed by atoms with Gasteiger partial charge in [-0.15, -0.1) is 0 Å². The van der Waals surface area contributed by atoms with Crippen LogP contribution in [0, 0.1) is 0 Å². The molecule has 0 saturated carbocycles. The number of likely N-dealkylation sites (N-methyl/N-ethyl adjacent to an activating group) is 1. The summed E-state index contributed by atoms with van der Waals surface area (Å²) in [6, 6.07) is 20.3. The Kier molecular flexibility index (Phi) is 7.87. The van der Waals surface area contributed by atoms with Crippen LogP contribution >= 0.6 is 11.9 Å². The lowest BCUT2D eigenvalue weighted by molar-refractivity contribution is 0.0950. The van der Waals surface area contributed by atoms with Crippen LogP contribution in [0.1, 0.15) is 43.0 Å². The van der Waals surface area contributed by atoms with E-state index in [4.69, 9.17) is 10.9 Å². The van der Waals surface area contributed by atoms with Crippen molar-refractivity contribution in [2.75, 3.05) is 18.9 Å². The SMILES string of the molecule is CN1CCc2ccc(NC(=O)c3cccc(CNC(=O)c4ccc(C(N)=CSN)cc4)c3)cc2C1. The molecule has 0 aromatic heterocycles. The van der Waals surface area contributed by atoms with Gasteiger partial charge in [0.2, 0.25) is 0 Å². The summed E-state index contributed by atoms with van der Waals surface area (Å²) < 4.78 is 0. The largest absolute Gasteiger partial charge is 0.398 e. The average molecular weight is 488 g/mol. The van der Waals surface area contributed by atoms with Crippen molar-refractivity contribution in [1.29, 1.82) is 0 Å². The summed E-state index contributed by atoms with van der Waals surface area (Å²) in [7, 11) is 2.10. The second-order valence-electron chi connectivity index (χ2n) is 8.60. The first-order valence-corrected chi connectivity index (χ1v) is 12.3. The third-order valence-corrected chi connectivity index (χ3v) is 6.37. The molecule has 6 N–H and O–H groups in total. The summed E-state index contributed by atoms with van der Waals surface area (Å²) >= 11 is 1.03. The number of benzene rings is 3. The molecule has 8 heteroatoms. The van der Waals surface area contributed by atoms with Crippen LogP contribution in [0.25, 0.3) is 5.70 Å². The Bertz CT molecular complexity index is 1260. The van der Waals surface area contributed by atoms with Crippen molar-refractivity contribution in [3.8, 4) is 0 Å². The minimum atomic E-state index is -0.207. The maximum absolute atomic E-state index is 12.9. The molecule has 3 aromatic carbocycles. The molecule has 180 valence electrons. The second kappa shape index (κ2) is 11.2. The van der Waals surface area contributed by atoms with Crippen molar-refractivity contribution in [3.63, 3.8) is 0 Å². The lowest BCUT2D eigenvalue weighted by atomic mass is 9.99. The molecule has 0 unspecified atom stereocenters. The molecule has 0 aliphatic carbocycles. The van der Waals surface area contributed by atoms with Gasteiger partial charge in [0.25, 0.3) is 11.8 Å². The number of amides is 2. The van der Waals surface area contributed by atoms with Crippen molar-refractivity contribution in [2.45, 2.75) is 19.5 Å². The van der Waals surface area contributed by atoms with Crippen molar-refractivity contribution < 1.29 is 9.59 Å². The highest BCUT2D eigenvalue weighted by molar-refractivity contribution is 8.00. The van der Waals surface area contributed by atoms with Crippen molar-refractivity contribution in [3.05, 3.63) is 106 Å². The summed E-state index contributed by atoms with van der Waals surface area (Å²) in [6.45, 7) is 2.24. The molecular formula is C27H29N5O2S. The minimum absolute atomic E-state index is 0.181. The molecule has 0 spiro atoms. The molecule has 0 fully saturated rings. The number of anilines is 1. The average Bonchev–Trinajstić information content (AvgIpc) is 2.87. The molecule has 0 saturated heterocycles. The van der Waals surface area contributed by atoms with E-state index >= 15 is 0 Å². The van der Waals surface area contributed by atoms with Gasteiger partial charge in [-0.2, -0.15) is 0 Å². The molecule has 1 heterocycles. The lowest BCUT2D eigenvalue weighted by Gasteiger charge is -2.25. The molecule has 0 bridgehead atoms. The van der Waals surface area contributed by atoms with Gasteiger partial charge in [-0.25, -0.2) is 0 Å². The van der Waals surface area contributed by atoms with Crippen molar-refractivity contribution >= 4 is 35.1 Å². The predicted octanol–water partition coefficient (Wildman–Crippen LogP) is 3.72. The Balaban J connectivity index is 1.36. The number of nitrogens with zero attached hydrogens (tertiary/aromatic N) is 1. The highest BCUT2D eigenvalue weighted by Crippen LogP contribution is 2.22. The maximum Gasteiger partial charge on any atom is 0.255 e. The highest BCUT2D eigenvalue weighted by Gasteiger charge is 2.15. The smallest absolute Gasteiger partial charge is 0.255 e. The van der Waals surface area contributed by atoms with E-state index in [1.807, 2.05) is 18.2 Å². The van der Waals surface area contributed by atoms with Crippen LogP contribution in [0.3, 0.4) is 0 Å². The summed E-state index contributed by atoms with van der Waals surface area (Å²) in [5.74, 6) is -0.389. The topological polar surface area (TPSA) is 113 Å². The summed E-state index contributed by atoms with van der Waals surface area (Å²) in [4.78, 5) is 27.7. The standard InChI is InChI=1S/C27H29N5O2S/c1-32-12-11-19-9-10-24(14-23(19)16-32)31-27(34)22-4-2-3-18(13-22)15-30-26(33)21-7-5-20(6-8-21)25(28)17-35-29/h2-10,13-14,17H,11-12,15-16,28-29H2,1H3,(H,30,33)(H,31,34). The molecule has 35 heavy (non-hydrogen) atoms. The van der Waals surface area contributed by atoms with Gasteiger partial charge >= 0.3 is 0 Å². The third kappa shape index (κ3) is 6.30. The van der Waals surface area contributed by atoms with Gasteiger partial charge in [0.1, 0.15) is 0 Å². The fraction of sp³-hybridized carbons (Fsp3) is 0.185. The molecule has 0 atom stereocenters. The van der Waals surface area contributed by atoms with Gasteiger partial charge in [-0.3, -0.25) is 14.7 Å². The van der Waals surface area contributed by atoms with Gasteiger partial charge in [0, 0.05) is 47.6 Å². The van der Waals surface area contributed by atoms with Gasteiger partial charge in [0.15, 0.2) is 0 Å². The number of carbonyl (C=O) groups excluding carboxylic acids is 2. The quantitative estimate of drug-likeness (QED) is 0.378. The van der Waals surface area contributed by atoms with Crippen LogP contribution in [0.4, 0.5) is 5.69 Å². The molecule has 4 rings (SSSR count). The number of rotatable bonds is 7. The fourth-order valence-electron chi connectivity index (χ4n) is 4.04. The minimum Gasteiger partial charge on any atom is -0.398 e. The molecule has 7 nitrogen and oxygen atoms in total. The number of fused-ring (bicyclic) bond motifs is 1. The third-order valence-electron chi connectivity index (χ3n) is 5.98. The molecule has 3 aromatic rings. The highest BCUT2D eigenvalue weighted by atomic mass is 32.2. The van der Waals surface area contributed by atoms with Gasteiger partial charge in [-0.05, 0) is 72.1 Å². The van der Waals surface area contributed by atoms with Crippen LogP contribution in [0.5, 0.6) is 0 Å². The molecule has 1 aliphatic rings. The number of hydrogen-bond donors (Lipinski definition) is 4. The zero-order valence-electron chi connectivity index (χ0n) is 19.6. The Morgan fingerprint density at radius 1 is 0.971 bits per heavy atom. The van der Waals surface area contributed by atoms with Crippen LogP contribution in [0.2, 0.25) is 0 Å². The summed E-state index contributed by atoms with van der Waals surface area (Å²) in [5.41, 5.74) is 12.5. The number of carbonyl (C=O) groups is 2. The summed E-state index contributed by atoms with van der Waals surface area (Å²) in [5, 5.41) is 12.9. The second-order valence-corrected chi connectivity index (χ2v) is 9.10. The normalized spacial score (nSPS) is 13.7. The fourth-order valence-corrected chi connectivity index (χ4v) is 4.32. The zero-order chi connectivity index (χ0) is 24.8. The van der Waals surface area contributed by atoms with Gasteiger partial charge in [-0.1, -0.05) is 42.3 Å². The van der Waals surface area contributed by atoms with E-state index in [-0.39, 0.29) is 11.8 Å². The van der Waals surface area contributed by atoms with E-state index < -0.39 is 0 Å². The van der Waals surface area contributed by atoms with Crippen LogP contribution in [0.15, 0.2) is 72.1 Å². The summed E-state index contributed by atoms with van der Waals surface area (Å²) in [6.07, 6.45) is 1.02. The van der Waals surface area contributed by atoms with Crippen LogP contribution in [-0.4, -0.2) is 30.3 Å². The molecule has 1 aliphatic heterocycles. The van der Waals surface area contributed by atoms with Gasteiger partial charge < -0.3 is 21.3 Å². The monoisotopic (exact) mass is 487 g/mol. The molecule has 2 amide bonds. The van der Waals surface area contributed by atoms with Crippen molar-refractivity contribution in [2.24, 2.45) is 10.9 Å². The van der Waals surface area contributed by atoms with E-state index in [2.05, 4.69) is 34.7 Å². The van der Waals surface area contributed by atoms with E-state index in [0.717, 1.165) is 48.3 Å². The first-order chi connectivity index (χ1) is 16.9. The Morgan fingerprint density at radius 2 is 1.74 bits per heavy atom. The zero-order valence-corrected chi connectivity index (χ0v) is 20.4. The first-order valence-electron chi connectivity index (χ1n) is 11.3. The number of hydrogen-bond acceptors (Lipinski definition) is 6. The van der Waals surface area contributed by atoms with E-state index in [9.17, 15) is 9.59 Å². The lowest BCUT2D eigenvalue weighted by Crippen LogP contribution is -2.26. The Hall–Kier alpha value is -3.59. The van der Waals surface area contributed by atoms with E-state index in [1.54, 1.807) is 41.8 Å². The number of nitrogens with two attached hydrogens (primary N) is 2. The Labute approximate surface area is 209 Å². The molecular weight excluding hydrogens is 458 g/mol. The van der Waals surface area contributed by atoms with Gasteiger partial charge in [0.05, 0.1) is 0 Å². The van der Waals surface area contributed by atoms with Crippen molar-refractivity contribution in [1.82, 2.24) is 10.2 Å². The van der Waals surface area contributed by atoms with E-state index in [1.165, 1.54) is 11.1 Å². The van der Waals surface area contributed by atoms with Crippen LogP contribution < -0.4 is 21.5 Å². The molecule has 0 radical (unpaired) electrons. The first kappa shape index (κ1) is 24.5.